The number of pyridine rings is 3. The number of carbonyl (C=O) groups is 1. The van der Waals surface area contributed by atoms with Crippen molar-refractivity contribution in [3.05, 3.63) is 36.2 Å². The zero-order valence-corrected chi connectivity index (χ0v) is 17.2. The van der Waals surface area contributed by atoms with Gasteiger partial charge < -0.3 is 21.7 Å². The van der Waals surface area contributed by atoms with Gasteiger partial charge in [0.2, 0.25) is 5.91 Å². The normalized spacial score (nSPS) is 22.7. The second kappa shape index (κ2) is 7.42. The van der Waals surface area contributed by atoms with Crippen LogP contribution in [-0.4, -0.2) is 46.2 Å². The van der Waals surface area contributed by atoms with Crippen LogP contribution in [0.5, 0.6) is 0 Å². The predicted molar refractivity (Wildman–Crippen MR) is 118 cm³/mol. The van der Waals surface area contributed by atoms with E-state index < -0.39 is 12.1 Å². The first-order chi connectivity index (χ1) is 14.9. The van der Waals surface area contributed by atoms with Crippen molar-refractivity contribution in [2.45, 2.75) is 32.0 Å². The summed E-state index contributed by atoms with van der Waals surface area (Å²) in [5, 5.41) is 4.15. The largest absolute Gasteiger partial charge is 0.383 e. The minimum atomic E-state index is -1.05. The van der Waals surface area contributed by atoms with E-state index in [1.807, 2.05) is 19.1 Å². The Morgan fingerprint density at radius 3 is 2.74 bits per heavy atom. The van der Waals surface area contributed by atoms with Gasteiger partial charge in [0.15, 0.2) is 0 Å². The summed E-state index contributed by atoms with van der Waals surface area (Å²) in [6, 6.07) is 5.85. The molecule has 5 N–H and O–H groups in total. The molecule has 1 amide bonds. The van der Waals surface area contributed by atoms with Gasteiger partial charge in [0.05, 0.1) is 11.6 Å². The number of nitrogen functional groups attached to an aromatic ring is 1. The zero-order chi connectivity index (χ0) is 21.7. The quantitative estimate of drug-likeness (QED) is 0.591. The summed E-state index contributed by atoms with van der Waals surface area (Å²) >= 11 is 0. The molecule has 3 atom stereocenters. The summed E-state index contributed by atoms with van der Waals surface area (Å²) in [7, 11) is 0. The summed E-state index contributed by atoms with van der Waals surface area (Å²) in [4.78, 5) is 27.6. The second-order valence-corrected chi connectivity index (χ2v) is 8.38. The highest BCUT2D eigenvalue weighted by Gasteiger charge is 2.43. The molecule has 0 unspecified atom stereocenters. The molecule has 3 aromatic heterocycles. The van der Waals surface area contributed by atoms with E-state index in [-0.39, 0.29) is 18.4 Å². The van der Waals surface area contributed by atoms with E-state index in [2.05, 4.69) is 25.2 Å². The third kappa shape index (κ3) is 3.76. The number of amides is 1. The summed E-state index contributed by atoms with van der Waals surface area (Å²) in [5.41, 5.74) is 14.8. The molecule has 8 nitrogen and oxygen atoms in total. The van der Waals surface area contributed by atoms with E-state index in [0.29, 0.717) is 22.7 Å². The van der Waals surface area contributed by atoms with Crippen molar-refractivity contribution in [3.8, 4) is 11.3 Å². The molecule has 1 saturated carbocycles. The van der Waals surface area contributed by atoms with Crippen LogP contribution < -0.4 is 21.7 Å². The summed E-state index contributed by atoms with van der Waals surface area (Å²) in [6.07, 6.45) is 3.56. The molecule has 1 aliphatic carbocycles. The number of aromatic nitrogens is 3. The summed E-state index contributed by atoms with van der Waals surface area (Å²) < 4.78 is 13.1. The lowest BCUT2D eigenvalue weighted by Gasteiger charge is -2.18. The molecule has 9 heteroatoms. The Bertz CT molecular complexity index is 1180. The summed E-state index contributed by atoms with van der Waals surface area (Å²) in [6.45, 7) is 3.72. The van der Waals surface area contributed by atoms with Crippen molar-refractivity contribution in [1.82, 2.24) is 15.0 Å². The number of hydrogen-bond acceptors (Lipinski definition) is 7. The third-order valence-corrected chi connectivity index (χ3v) is 5.97. The number of carbonyl (C=O) groups excluding carboxylic acids is 1. The Balaban J connectivity index is 1.46. The SMILES string of the molecule is Cc1cc(N2CC[C@H](N)C2)ncc1-c1cc2cc(NC(=O)[C@H]3C[C@H]3F)ncc2c(N)n1. The molecule has 160 valence electrons. The molecule has 4 heterocycles. The van der Waals surface area contributed by atoms with Crippen molar-refractivity contribution < 1.29 is 9.18 Å². The fraction of sp³-hybridized carbons (Fsp3) is 0.364. The van der Waals surface area contributed by atoms with Crippen LogP contribution >= 0.6 is 0 Å². The van der Waals surface area contributed by atoms with Crippen LogP contribution in [0.1, 0.15) is 18.4 Å². The lowest BCUT2D eigenvalue weighted by atomic mass is 10.1. The van der Waals surface area contributed by atoms with Crippen LogP contribution in [0, 0.1) is 12.8 Å². The van der Waals surface area contributed by atoms with Crippen LogP contribution in [-0.2, 0) is 4.79 Å². The van der Waals surface area contributed by atoms with E-state index >= 15 is 0 Å². The Morgan fingerprint density at radius 1 is 1.26 bits per heavy atom. The minimum absolute atomic E-state index is 0.183. The molecule has 2 fully saturated rings. The number of hydrogen-bond donors (Lipinski definition) is 3. The van der Waals surface area contributed by atoms with Gasteiger partial charge in [-0.05, 0) is 48.9 Å². The predicted octanol–water partition coefficient (Wildman–Crippen LogP) is 2.42. The fourth-order valence-corrected chi connectivity index (χ4v) is 4.01. The Labute approximate surface area is 178 Å². The molecule has 1 saturated heterocycles. The van der Waals surface area contributed by atoms with Gasteiger partial charge in [-0.15, -0.1) is 0 Å². The van der Waals surface area contributed by atoms with Crippen LogP contribution in [0.3, 0.4) is 0 Å². The number of nitrogens with two attached hydrogens (primary N) is 2. The van der Waals surface area contributed by atoms with Gasteiger partial charge >= 0.3 is 0 Å². The molecular formula is C22H24FN7O. The van der Waals surface area contributed by atoms with Crippen molar-refractivity contribution in [2.75, 3.05) is 29.0 Å². The Hall–Kier alpha value is -3.33. The molecule has 2 aliphatic rings. The van der Waals surface area contributed by atoms with Crippen molar-refractivity contribution in [3.63, 3.8) is 0 Å². The number of nitrogens with one attached hydrogen (secondary N) is 1. The van der Waals surface area contributed by atoms with Crippen LogP contribution in [0.25, 0.3) is 22.0 Å². The van der Waals surface area contributed by atoms with E-state index in [9.17, 15) is 9.18 Å². The monoisotopic (exact) mass is 421 g/mol. The topological polar surface area (TPSA) is 123 Å². The van der Waals surface area contributed by atoms with Gasteiger partial charge in [-0.2, -0.15) is 0 Å². The number of nitrogens with zero attached hydrogens (tertiary/aromatic N) is 4. The number of rotatable bonds is 4. The number of halogens is 1. The first-order valence-corrected chi connectivity index (χ1v) is 10.4. The highest BCUT2D eigenvalue weighted by molar-refractivity contribution is 5.98. The maximum absolute atomic E-state index is 13.1. The van der Waals surface area contributed by atoms with Crippen molar-refractivity contribution in [2.24, 2.45) is 11.7 Å². The van der Waals surface area contributed by atoms with Gasteiger partial charge in [-0.3, -0.25) is 4.79 Å². The van der Waals surface area contributed by atoms with Crippen LogP contribution in [0.2, 0.25) is 0 Å². The number of aryl methyl sites for hydroxylation is 1. The third-order valence-electron chi connectivity index (χ3n) is 5.97. The standard InChI is InChI=1S/C22H24FN7O/c1-11-4-20(30-3-2-13(24)10-30)27-8-15(11)18-5-12-6-19(26-9-16(12)21(25)28-18)29-22(31)14-7-17(14)23/h4-6,8-9,13-14,17H,2-3,7,10,24H2,1H3,(H2,25,28)(H,26,29,31)/t13-,14-,17+/m0/s1. The summed E-state index contributed by atoms with van der Waals surface area (Å²) in [5.74, 6) is 0.692. The van der Waals surface area contributed by atoms with Gasteiger partial charge in [0, 0.05) is 42.5 Å². The Kier molecular flexibility index (Phi) is 4.70. The van der Waals surface area contributed by atoms with E-state index in [1.165, 1.54) is 0 Å². The van der Waals surface area contributed by atoms with Crippen molar-refractivity contribution >= 4 is 34.1 Å². The lowest BCUT2D eigenvalue weighted by Crippen LogP contribution is -2.26. The number of anilines is 3. The van der Waals surface area contributed by atoms with E-state index in [1.54, 1.807) is 18.5 Å². The maximum Gasteiger partial charge on any atom is 0.231 e. The number of fused-ring (bicyclic) bond motifs is 1. The average Bonchev–Trinajstić information content (AvgIpc) is 3.31. The molecule has 5 rings (SSSR count). The van der Waals surface area contributed by atoms with Gasteiger partial charge in [-0.1, -0.05) is 0 Å². The van der Waals surface area contributed by atoms with Gasteiger partial charge in [-0.25, -0.2) is 19.3 Å². The second-order valence-electron chi connectivity index (χ2n) is 8.38. The zero-order valence-electron chi connectivity index (χ0n) is 17.2. The highest BCUT2D eigenvalue weighted by Crippen LogP contribution is 2.35. The molecule has 3 aromatic rings. The van der Waals surface area contributed by atoms with Crippen molar-refractivity contribution in [1.29, 1.82) is 0 Å². The minimum Gasteiger partial charge on any atom is -0.383 e. The molecule has 31 heavy (non-hydrogen) atoms. The first-order valence-electron chi connectivity index (χ1n) is 10.4. The molecule has 0 bridgehead atoms. The smallest absolute Gasteiger partial charge is 0.231 e. The fourth-order valence-electron chi connectivity index (χ4n) is 4.01. The Morgan fingerprint density at radius 2 is 2.06 bits per heavy atom. The first kappa shape index (κ1) is 19.6. The van der Waals surface area contributed by atoms with Gasteiger partial charge in [0.25, 0.3) is 0 Å². The highest BCUT2D eigenvalue weighted by atomic mass is 19.1. The molecule has 1 aliphatic heterocycles. The van der Waals surface area contributed by atoms with Crippen LogP contribution in [0.4, 0.5) is 21.8 Å². The van der Waals surface area contributed by atoms with Gasteiger partial charge in [0.1, 0.15) is 23.6 Å². The number of alkyl halides is 1. The van der Waals surface area contributed by atoms with Crippen LogP contribution in [0.15, 0.2) is 30.6 Å². The van der Waals surface area contributed by atoms with E-state index in [4.69, 9.17) is 11.5 Å². The molecule has 0 aromatic carbocycles. The maximum atomic E-state index is 13.1. The molecule has 0 spiro atoms. The molecule has 0 radical (unpaired) electrons. The van der Waals surface area contributed by atoms with E-state index in [0.717, 1.165) is 41.8 Å². The molecular weight excluding hydrogens is 397 g/mol. The average molecular weight is 421 g/mol. The lowest BCUT2D eigenvalue weighted by molar-refractivity contribution is -0.117.